The number of hydrogen-bond donors (Lipinski definition) is 0. The zero-order chi connectivity index (χ0) is 16.9. The van der Waals surface area contributed by atoms with Crippen LogP contribution in [0.15, 0.2) is 24.3 Å². The van der Waals surface area contributed by atoms with Gasteiger partial charge in [-0.2, -0.15) is 0 Å². The molecule has 2 atom stereocenters. The van der Waals surface area contributed by atoms with Crippen LogP contribution in [0.25, 0.3) is 0 Å². The van der Waals surface area contributed by atoms with Crippen LogP contribution < -0.4 is 0 Å². The number of imide groups is 1. The molecular weight excluding hydrogens is 316 g/mol. The molecule has 7 nitrogen and oxygen atoms in total. The number of ether oxygens (including phenoxy) is 1. The number of amides is 2. The van der Waals surface area contributed by atoms with Crippen molar-refractivity contribution in [1.82, 2.24) is 5.06 Å². The molecule has 1 aliphatic carbocycles. The summed E-state index contributed by atoms with van der Waals surface area (Å²) < 4.78 is 31.2. The monoisotopic (exact) mass is 325 g/mol. The van der Waals surface area contributed by atoms with Crippen LogP contribution in [0.2, 0.25) is 0 Å². The normalized spacial score (nSPS) is 24.2. The summed E-state index contributed by atoms with van der Waals surface area (Å²) in [6.07, 6.45) is 0. The zero-order valence-electron chi connectivity index (χ0n) is 11.6. The molecule has 0 saturated heterocycles. The number of methoxy groups -OCH3 is 1. The van der Waals surface area contributed by atoms with Gasteiger partial charge in [-0.15, -0.1) is 0 Å². The van der Waals surface area contributed by atoms with E-state index in [1.165, 1.54) is 24.3 Å². The van der Waals surface area contributed by atoms with Crippen LogP contribution in [0.3, 0.4) is 0 Å². The molecule has 0 spiro atoms. The van der Waals surface area contributed by atoms with E-state index in [4.69, 9.17) is 0 Å². The average Bonchev–Trinajstić information content (AvgIpc) is 3.04. The Morgan fingerprint density at radius 1 is 1.04 bits per heavy atom. The van der Waals surface area contributed by atoms with Crippen molar-refractivity contribution < 1.29 is 37.5 Å². The predicted molar refractivity (Wildman–Crippen MR) is 67.0 cm³/mol. The second kappa shape index (κ2) is 4.83. The molecule has 0 radical (unpaired) electrons. The SMILES string of the molecule is COC(=O)[C@H]1[C@H](C(=O)ON2C(=O)c3ccccc3C2=O)C1(F)F. The lowest BCUT2D eigenvalue weighted by molar-refractivity contribution is -0.173. The molecule has 0 bridgehead atoms. The summed E-state index contributed by atoms with van der Waals surface area (Å²) >= 11 is 0. The maximum atomic E-state index is 13.5. The number of carbonyl (C=O) groups is 4. The summed E-state index contributed by atoms with van der Waals surface area (Å²) in [5.41, 5.74) is -0.00486. The number of alkyl halides is 2. The third-order valence-electron chi connectivity index (χ3n) is 3.70. The second-order valence-corrected chi connectivity index (χ2v) is 5.01. The van der Waals surface area contributed by atoms with E-state index < -0.39 is 41.5 Å². The van der Waals surface area contributed by atoms with Crippen LogP contribution >= 0.6 is 0 Å². The summed E-state index contributed by atoms with van der Waals surface area (Å²) in [5, 5.41) is 0.121. The summed E-state index contributed by atoms with van der Waals surface area (Å²) in [6.45, 7) is 0. The number of fused-ring (bicyclic) bond motifs is 1. The van der Waals surface area contributed by atoms with E-state index in [0.29, 0.717) is 0 Å². The van der Waals surface area contributed by atoms with E-state index in [1.807, 2.05) is 0 Å². The first-order valence-corrected chi connectivity index (χ1v) is 6.46. The molecule has 1 aromatic carbocycles. The van der Waals surface area contributed by atoms with Gasteiger partial charge in [0.1, 0.15) is 11.8 Å². The summed E-state index contributed by atoms with van der Waals surface area (Å²) in [4.78, 5) is 51.4. The van der Waals surface area contributed by atoms with Crippen molar-refractivity contribution in [3.8, 4) is 0 Å². The lowest BCUT2D eigenvalue weighted by Gasteiger charge is -2.12. The summed E-state index contributed by atoms with van der Waals surface area (Å²) in [5.74, 6) is -12.4. The molecule has 1 aliphatic heterocycles. The molecule has 0 unspecified atom stereocenters. The van der Waals surface area contributed by atoms with Crippen molar-refractivity contribution >= 4 is 23.8 Å². The molecule has 1 saturated carbocycles. The van der Waals surface area contributed by atoms with E-state index in [2.05, 4.69) is 9.57 Å². The van der Waals surface area contributed by atoms with Gasteiger partial charge in [-0.1, -0.05) is 17.2 Å². The number of rotatable bonds is 3. The fraction of sp³-hybridized carbons (Fsp3) is 0.286. The lowest BCUT2D eigenvalue weighted by Crippen LogP contribution is -2.34. The molecule has 3 rings (SSSR count). The van der Waals surface area contributed by atoms with Gasteiger partial charge in [0.2, 0.25) is 0 Å². The minimum Gasteiger partial charge on any atom is -0.469 e. The molecule has 2 amide bonds. The van der Waals surface area contributed by atoms with Crippen LogP contribution in [-0.4, -0.2) is 41.8 Å². The van der Waals surface area contributed by atoms with Crippen LogP contribution in [0.5, 0.6) is 0 Å². The third-order valence-corrected chi connectivity index (χ3v) is 3.70. The van der Waals surface area contributed by atoms with E-state index >= 15 is 0 Å². The molecule has 2 aliphatic rings. The predicted octanol–water partition coefficient (Wildman–Crippen LogP) is 0.795. The van der Waals surface area contributed by atoms with Crippen molar-refractivity contribution in [2.24, 2.45) is 11.8 Å². The van der Waals surface area contributed by atoms with Crippen LogP contribution in [-0.2, 0) is 19.2 Å². The van der Waals surface area contributed by atoms with Crippen molar-refractivity contribution in [3.63, 3.8) is 0 Å². The highest BCUT2D eigenvalue weighted by Crippen LogP contribution is 2.56. The van der Waals surface area contributed by atoms with Crippen LogP contribution in [0.4, 0.5) is 8.78 Å². The molecule has 0 aromatic heterocycles. The van der Waals surface area contributed by atoms with Crippen LogP contribution in [0.1, 0.15) is 20.7 Å². The summed E-state index contributed by atoms with van der Waals surface area (Å²) in [7, 11) is 0.906. The smallest absolute Gasteiger partial charge is 0.343 e. The number of esters is 1. The highest BCUT2D eigenvalue weighted by atomic mass is 19.3. The van der Waals surface area contributed by atoms with E-state index in [-0.39, 0.29) is 16.2 Å². The van der Waals surface area contributed by atoms with E-state index in [9.17, 15) is 28.0 Å². The molecule has 23 heavy (non-hydrogen) atoms. The number of benzene rings is 1. The molecule has 120 valence electrons. The number of hydroxylamine groups is 2. The van der Waals surface area contributed by atoms with Crippen molar-refractivity contribution in [2.45, 2.75) is 5.92 Å². The van der Waals surface area contributed by atoms with Crippen molar-refractivity contribution in [3.05, 3.63) is 35.4 Å². The molecule has 1 fully saturated rings. The summed E-state index contributed by atoms with van der Waals surface area (Å²) in [6, 6.07) is 5.67. The molecule has 1 heterocycles. The number of nitrogens with zero attached hydrogens (tertiary/aromatic N) is 1. The maximum Gasteiger partial charge on any atom is 0.343 e. The van der Waals surface area contributed by atoms with E-state index in [0.717, 1.165) is 7.11 Å². The first-order chi connectivity index (χ1) is 10.8. The molecule has 0 N–H and O–H groups in total. The Morgan fingerprint density at radius 3 is 2.00 bits per heavy atom. The quantitative estimate of drug-likeness (QED) is 0.603. The fourth-order valence-corrected chi connectivity index (χ4v) is 2.44. The number of halogens is 2. The van der Waals surface area contributed by atoms with Gasteiger partial charge >= 0.3 is 11.9 Å². The number of hydrogen-bond acceptors (Lipinski definition) is 6. The Labute approximate surface area is 127 Å². The third kappa shape index (κ3) is 2.07. The highest BCUT2D eigenvalue weighted by molar-refractivity contribution is 6.21. The van der Waals surface area contributed by atoms with Crippen molar-refractivity contribution in [1.29, 1.82) is 0 Å². The molecule has 9 heteroatoms. The van der Waals surface area contributed by atoms with Gasteiger partial charge in [0.05, 0.1) is 18.2 Å². The van der Waals surface area contributed by atoms with Gasteiger partial charge in [-0.25, -0.2) is 13.6 Å². The molecular formula is C14H9F2NO6. The van der Waals surface area contributed by atoms with Crippen LogP contribution in [0, 0.1) is 11.8 Å². The standard InChI is InChI=1S/C14H9F2NO6/c1-22-12(20)8-9(14(8,15)16)13(21)23-17-10(18)6-4-2-3-5-7(6)11(17)19/h2-5,8-9H,1H3/t8-,9-/m1/s1. The highest BCUT2D eigenvalue weighted by Gasteiger charge is 2.77. The molecule has 1 aromatic rings. The largest absolute Gasteiger partial charge is 0.469 e. The van der Waals surface area contributed by atoms with Gasteiger partial charge in [0.15, 0.2) is 0 Å². The first-order valence-electron chi connectivity index (χ1n) is 6.46. The average molecular weight is 325 g/mol. The first kappa shape index (κ1) is 15.1. The zero-order valence-corrected chi connectivity index (χ0v) is 11.6. The van der Waals surface area contributed by atoms with Gasteiger partial charge in [0.25, 0.3) is 17.7 Å². The van der Waals surface area contributed by atoms with Gasteiger partial charge in [0, 0.05) is 0 Å². The Morgan fingerprint density at radius 2 is 1.52 bits per heavy atom. The second-order valence-electron chi connectivity index (χ2n) is 5.01. The van der Waals surface area contributed by atoms with Gasteiger partial charge in [-0.3, -0.25) is 14.4 Å². The number of carbonyl (C=O) groups excluding carboxylic acids is 4. The van der Waals surface area contributed by atoms with Gasteiger partial charge in [-0.05, 0) is 12.1 Å². The topological polar surface area (TPSA) is 90.0 Å². The Balaban J connectivity index is 1.77. The van der Waals surface area contributed by atoms with E-state index in [1.54, 1.807) is 0 Å². The van der Waals surface area contributed by atoms with Gasteiger partial charge < -0.3 is 9.57 Å². The van der Waals surface area contributed by atoms with Crippen molar-refractivity contribution in [2.75, 3.05) is 7.11 Å². The lowest BCUT2D eigenvalue weighted by atomic mass is 10.1. The Bertz CT molecular complexity index is 712. The fourth-order valence-electron chi connectivity index (χ4n) is 2.44. The Kier molecular flexibility index (Phi) is 3.17. The Hall–Kier alpha value is -2.84. The minimum atomic E-state index is -3.64. The minimum absolute atomic E-state index is 0.00243. The maximum absolute atomic E-state index is 13.5.